The lowest BCUT2D eigenvalue weighted by Crippen LogP contribution is -2.31. The van der Waals surface area contributed by atoms with Crippen LogP contribution in [0.2, 0.25) is 5.02 Å². The number of piperidine rings is 1. The molecule has 0 radical (unpaired) electrons. The number of ketones is 1. The summed E-state index contributed by atoms with van der Waals surface area (Å²) in [5, 5.41) is 0.659. The molecular weight excluding hydrogens is 298 g/mol. The average molecular weight is 318 g/mol. The van der Waals surface area contributed by atoms with Crippen LogP contribution >= 0.6 is 11.6 Å². The fourth-order valence-electron chi connectivity index (χ4n) is 2.85. The number of benzene rings is 1. The number of carbonyl (C=O) groups is 1. The van der Waals surface area contributed by atoms with E-state index in [-0.39, 0.29) is 5.78 Å². The second-order valence-electron chi connectivity index (χ2n) is 5.75. The van der Waals surface area contributed by atoms with Crippen LogP contribution in [0.3, 0.4) is 0 Å². The third-order valence-corrected chi connectivity index (χ3v) is 4.33. The van der Waals surface area contributed by atoms with E-state index in [0.717, 1.165) is 25.2 Å². The standard InChI is InChI=1S/C18H20ClNO2/c19-15-6-4-5-14(13-15)17-7-8-18(22-17)16(21)9-12-20-10-2-1-3-11-20/h4-8,13H,1-3,9-12H2. The van der Waals surface area contributed by atoms with Crippen LogP contribution in [0.5, 0.6) is 0 Å². The predicted octanol–water partition coefficient (Wildman–Crippen LogP) is 4.66. The topological polar surface area (TPSA) is 33.5 Å². The Morgan fingerprint density at radius 2 is 1.95 bits per heavy atom. The summed E-state index contributed by atoms with van der Waals surface area (Å²) in [7, 11) is 0. The molecule has 0 amide bonds. The van der Waals surface area contributed by atoms with Gasteiger partial charge in [-0.3, -0.25) is 4.79 Å². The first-order chi connectivity index (χ1) is 10.7. The van der Waals surface area contributed by atoms with E-state index in [2.05, 4.69) is 4.90 Å². The van der Waals surface area contributed by atoms with Gasteiger partial charge >= 0.3 is 0 Å². The van der Waals surface area contributed by atoms with Gasteiger partial charge < -0.3 is 9.32 Å². The van der Waals surface area contributed by atoms with Crippen molar-refractivity contribution in [2.45, 2.75) is 25.7 Å². The Hall–Kier alpha value is -1.58. The normalized spacial score (nSPS) is 15.9. The van der Waals surface area contributed by atoms with Crippen molar-refractivity contribution in [1.29, 1.82) is 0 Å². The summed E-state index contributed by atoms with van der Waals surface area (Å²) in [5.41, 5.74) is 0.891. The SMILES string of the molecule is O=C(CCN1CCCCC1)c1ccc(-c2cccc(Cl)c2)o1. The number of hydrogen-bond donors (Lipinski definition) is 0. The lowest BCUT2D eigenvalue weighted by molar-refractivity contribution is 0.0932. The molecule has 2 aromatic rings. The van der Waals surface area contributed by atoms with Crippen molar-refractivity contribution >= 4 is 17.4 Å². The van der Waals surface area contributed by atoms with E-state index in [1.165, 1.54) is 19.3 Å². The van der Waals surface area contributed by atoms with Crippen molar-refractivity contribution in [2.75, 3.05) is 19.6 Å². The molecule has 1 saturated heterocycles. The van der Waals surface area contributed by atoms with Gasteiger partial charge in [-0.2, -0.15) is 0 Å². The van der Waals surface area contributed by atoms with Crippen LogP contribution in [0.1, 0.15) is 36.2 Å². The van der Waals surface area contributed by atoms with Crippen molar-refractivity contribution < 1.29 is 9.21 Å². The van der Waals surface area contributed by atoms with Gasteiger partial charge in [0.1, 0.15) is 5.76 Å². The Morgan fingerprint density at radius 1 is 1.14 bits per heavy atom. The zero-order valence-corrected chi connectivity index (χ0v) is 13.3. The second-order valence-corrected chi connectivity index (χ2v) is 6.19. The van der Waals surface area contributed by atoms with Crippen molar-refractivity contribution in [3.05, 3.63) is 47.2 Å². The molecule has 0 N–H and O–H groups in total. The molecule has 3 nitrogen and oxygen atoms in total. The van der Waals surface area contributed by atoms with Gasteiger partial charge in [-0.15, -0.1) is 0 Å². The fourth-order valence-corrected chi connectivity index (χ4v) is 3.04. The minimum absolute atomic E-state index is 0.0684. The summed E-state index contributed by atoms with van der Waals surface area (Å²) in [4.78, 5) is 14.6. The maximum Gasteiger partial charge on any atom is 0.199 e. The van der Waals surface area contributed by atoms with Gasteiger partial charge in [0.15, 0.2) is 11.5 Å². The molecule has 3 rings (SSSR count). The summed E-state index contributed by atoms with van der Waals surface area (Å²) >= 11 is 5.99. The van der Waals surface area contributed by atoms with Gasteiger partial charge in [-0.1, -0.05) is 30.2 Å². The lowest BCUT2D eigenvalue weighted by atomic mass is 10.1. The minimum atomic E-state index is 0.0684. The summed E-state index contributed by atoms with van der Waals surface area (Å²) in [6.45, 7) is 3.05. The number of hydrogen-bond acceptors (Lipinski definition) is 3. The molecule has 1 aliphatic heterocycles. The van der Waals surface area contributed by atoms with Gasteiger partial charge in [-0.05, 0) is 50.2 Å². The molecule has 0 spiro atoms. The highest BCUT2D eigenvalue weighted by molar-refractivity contribution is 6.30. The van der Waals surface area contributed by atoms with Crippen molar-refractivity contribution in [3.8, 4) is 11.3 Å². The first-order valence-electron chi connectivity index (χ1n) is 7.84. The van der Waals surface area contributed by atoms with Gasteiger partial charge in [0.25, 0.3) is 0 Å². The Kier molecular flexibility index (Phi) is 4.96. The molecule has 116 valence electrons. The lowest BCUT2D eigenvalue weighted by Gasteiger charge is -2.25. The molecule has 1 aromatic heterocycles. The number of furan rings is 1. The zero-order valence-electron chi connectivity index (χ0n) is 12.6. The first-order valence-corrected chi connectivity index (χ1v) is 8.21. The summed E-state index contributed by atoms with van der Waals surface area (Å²) in [5.74, 6) is 1.19. The molecule has 1 aromatic carbocycles. The Labute approximate surface area is 135 Å². The molecule has 0 bridgehead atoms. The number of carbonyl (C=O) groups excluding carboxylic acids is 1. The maximum atomic E-state index is 12.3. The summed E-state index contributed by atoms with van der Waals surface area (Å²) < 4.78 is 5.70. The number of nitrogens with zero attached hydrogens (tertiary/aromatic N) is 1. The third kappa shape index (κ3) is 3.79. The van der Waals surface area contributed by atoms with Gasteiger partial charge in [0.2, 0.25) is 0 Å². The quantitative estimate of drug-likeness (QED) is 0.752. The van der Waals surface area contributed by atoms with Gasteiger partial charge in [-0.25, -0.2) is 0 Å². The molecule has 22 heavy (non-hydrogen) atoms. The van der Waals surface area contributed by atoms with Crippen LogP contribution in [0.25, 0.3) is 11.3 Å². The van der Waals surface area contributed by atoms with E-state index in [0.29, 0.717) is 23.0 Å². The average Bonchev–Trinajstić information content (AvgIpc) is 3.04. The van der Waals surface area contributed by atoms with Crippen LogP contribution in [0.4, 0.5) is 0 Å². The van der Waals surface area contributed by atoms with E-state index < -0.39 is 0 Å². The van der Waals surface area contributed by atoms with E-state index in [1.807, 2.05) is 30.3 Å². The van der Waals surface area contributed by atoms with Crippen LogP contribution in [-0.2, 0) is 0 Å². The van der Waals surface area contributed by atoms with E-state index in [1.54, 1.807) is 6.07 Å². The maximum absolute atomic E-state index is 12.3. The number of rotatable bonds is 5. The van der Waals surface area contributed by atoms with Crippen LogP contribution in [0.15, 0.2) is 40.8 Å². The van der Waals surface area contributed by atoms with E-state index in [4.69, 9.17) is 16.0 Å². The van der Waals surface area contributed by atoms with E-state index >= 15 is 0 Å². The molecule has 0 aliphatic carbocycles. The highest BCUT2D eigenvalue weighted by Gasteiger charge is 2.15. The summed E-state index contributed by atoms with van der Waals surface area (Å²) in [6.07, 6.45) is 4.32. The molecule has 1 fully saturated rings. The molecule has 0 atom stereocenters. The predicted molar refractivity (Wildman–Crippen MR) is 88.4 cm³/mol. The van der Waals surface area contributed by atoms with Crippen molar-refractivity contribution in [1.82, 2.24) is 4.90 Å². The van der Waals surface area contributed by atoms with Crippen LogP contribution in [-0.4, -0.2) is 30.3 Å². The Bertz CT molecular complexity index is 644. The Balaban J connectivity index is 1.61. The highest BCUT2D eigenvalue weighted by atomic mass is 35.5. The smallest absolute Gasteiger partial charge is 0.199 e. The molecule has 1 aliphatic rings. The largest absolute Gasteiger partial charge is 0.453 e. The molecule has 0 unspecified atom stereocenters. The summed E-state index contributed by atoms with van der Waals surface area (Å²) in [6, 6.07) is 11.0. The zero-order chi connectivity index (χ0) is 15.4. The molecule has 2 heterocycles. The monoisotopic (exact) mass is 317 g/mol. The molecule has 4 heteroatoms. The highest BCUT2D eigenvalue weighted by Crippen LogP contribution is 2.25. The number of likely N-dealkylation sites (tertiary alicyclic amines) is 1. The van der Waals surface area contributed by atoms with Gasteiger partial charge in [0.05, 0.1) is 0 Å². The Morgan fingerprint density at radius 3 is 2.73 bits per heavy atom. The minimum Gasteiger partial charge on any atom is -0.453 e. The van der Waals surface area contributed by atoms with Crippen LogP contribution in [0, 0.1) is 0 Å². The van der Waals surface area contributed by atoms with E-state index in [9.17, 15) is 4.79 Å². The first kappa shape index (κ1) is 15.3. The number of halogens is 1. The molecular formula is C18H20ClNO2. The fraction of sp³-hybridized carbons (Fsp3) is 0.389. The van der Waals surface area contributed by atoms with Crippen LogP contribution < -0.4 is 0 Å². The van der Waals surface area contributed by atoms with Crippen molar-refractivity contribution in [2.24, 2.45) is 0 Å². The van der Waals surface area contributed by atoms with Crippen molar-refractivity contribution in [3.63, 3.8) is 0 Å². The third-order valence-electron chi connectivity index (χ3n) is 4.09. The number of Topliss-reactive ketones (excluding diaryl/α,β-unsaturated/α-hetero) is 1. The van der Waals surface area contributed by atoms with Gasteiger partial charge in [0, 0.05) is 23.6 Å². The molecule has 0 saturated carbocycles. The second kappa shape index (κ2) is 7.12.